The third kappa shape index (κ3) is 3.97. The minimum Gasteiger partial charge on any atom is -0.493 e. The fourth-order valence-electron chi connectivity index (χ4n) is 2.72. The van der Waals surface area contributed by atoms with E-state index in [0.29, 0.717) is 40.0 Å². The molecule has 0 amide bonds. The van der Waals surface area contributed by atoms with Crippen LogP contribution in [0.2, 0.25) is 0 Å². The lowest BCUT2D eigenvalue weighted by atomic mass is 10.2. The highest BCUT2D eigenvalue weighted by Crippen LogP contribution is 2.40. The molecule has 2 aromatic heterocycles. The van der Waals surface area contributed by atoms with Gasteiger partial charge in [0, 0.05) is 17.8 Å². The van der Waals surface area contributed by atoms with Crippen LogP contribution in [0.15, 0.2) is 42.7 Å². The minimum atomic E-state index is 0.359. The Labute approximate surface area is 170 Å². The van der Waals surface area contributed by atoms with Gasteiger partial charge in [0.25, 0.3) is 0 Å². The number of hydrogen-bond donors (Lipinski definition) is 2. The van der Waals surface area contributed by atoms with Crippen LogP contribution in [-0.2, 0) is 0 Å². The zero-order chi connectivity index (χ0) is 20.2. The van der Waals surface area contributed by atoms with Crippen LogP contribution in [0.1, 0.15) is 0 Å². The zero-order valence-electron chi connectivity index (χ0n) is 16.0. The molecule has 0 spiro atoms. The number of aromatic nitrogens is 4. The molecule has 0 atom stereocenters. The summed E-state index contributed by atoms with van der Waals surface area (Å²) in [6.07, 6.45) is 1.42. The number of thiazole rings is 1. The lowest BCUT2D eigenvalue weighted by molar-refractivity contribution is 0.324. The summed E-state index contributed by atoms with van der Waals surface area (Å²) in [4.78, 5) is 17.3. The van der Waals surface area contributed by atoms with E-state index in [1.165, 1.54) is 17.7 Å². The summed E-state index contributed by atoms with van der Waals surface area (Å²) in [5.74, 6) is 2.30. The van der Waals surface area contributed by atoms with E-state index in [9.17, 15) is 0 Å². The third-order valence-corrected chi connectivity index (χ3v) is 4.96. The van der Waals surface area contributed by atoms with Gasteiger partial charge in [-0.2, -0.15) is 4.98 Å². The number of benzene rings is 2. The van der Waals surface area contributed by atoms with Crippen molar-refractivity contribution in [2.45, 2.75) is 0 Å². The first kappa shape index (κ1) is 18.7. The molecule has 0 saturated heterocycles. The Hall–Kier alpha value is -3.66. The molecule has 0 fully saturated rings. The number of hydrogen-bond acceptors (Lipinski definition) is 10. The topological polar surface area (TPSA) is 103 Å². The summed E-state index contributed by atoms with van der Waals surface area (Å²) >= 11 is 1.53. The van der Waals surface area contributed by atoms with Crippen molar-refractivity contribution in [3.63, 3.8) is 0 Å². The van der Waals surface area contributed by atoms with Crippen LogP contribution in [0, 0.1) is 0 Å². The Balaban J connectivity index is 1.57. The maximum Gasteiger partial charge on any atom is 0.233 e. The van der Waals surface area contributed by atoms with Crippen LogP contribution in [0.5, 0.6) is 17.2 Å². The van der Waals surface area contributed by atoms with Gasteiger partial charge in [0.2, 0.25) is 17.6 Å². The average molecular weight is 410 g/mol. The number of methoxy groups -OCH3 is 3. The van der Waals surface area contributed by atoms with Crippen LogP contribution in [0.4, 0.5) is 22.7 Å². The molecule has 10 heteroatoms. The molecule has 0 aliphatic heterocycles. The molecule has 0 bridgehead atoms. The number of nitrogens with zero attached hydrogens (tertiary/aromatic N) is 4. The van der Waals surface area contributed by atoms with E-state index in [-0.39, 0.29) is 0 Å². The van der Waals surface area contributed by atoms with Gasteiger partial charge in [-0.1, -0.05) is 23.5 Å². The third-order valence-electron chi connectivity index (χ3n) is 4.01. The van der Waals surface area contributed by atoms with E-state index in [1.807, 2.05) is 24.3 Å². The van der Waals surface area contributed by atoms with Gasteiger partial charge in [-0.3, -0.25) is 5.32 Å². The molecule has 4 rings (SSSR count). The predicted molar refractivity (Wildman–Crippen MR) is 112 cm³/mol. The maximum atomic E-state index is 5.37. The second-order valence-corrected chi connectivity index (χ2v) is 6.81. The first-order valence-electron chi connectivity index (χ1n) is 8.59. The smallest absolute Gasteiger partial charge is 0.233 e. The van der Waals surface area contributed by atoms with E-state index in [2.05, 4.69) is 30.6 Å². The van der Waals surface area contributed by atoms with Crippen molar-refractivity contribution >= 4 is 44.3 Å². The van der Waals surface area contributed by atoms with Crippen molar-refractivity contribution < 1.29 is 14.2 Å². The van der Waals surface area contributed by atoms with E-state index in [4.69, 9.17) is 14.2 Å². The van der Waals surface area contributed by atoms with Gasteiger partial charge in [-0.15, -0.1) is 0 Å². The van der Waals surface area contributed by atoms with Crippen molar-refractivity contribution in [2.75, 3.05) is 32.0 Å². The summed E-state index contributed by atoms with van der Waals surface area (Å²) in [6, 6.07) is 11.4. The molecule has 0 saturated carbocycles. The largest absolute Gasteiger partial charge is 0.493 e. The number of fused-ring (bicyclic) bond motifs is 1. The molecule has 2 heterocycles. The SMILES string of the molecule is COc1cc(Nc2ncnc(Nc3nc4ccccc4s3)n2)cc(OC)c1OC. The van der Waals surface area contributed by atoms with Crippen LogP contribution in [0.25, 0.3) is 10.2 Å². The summed E-state index contributed by atoms with van der Waals surface area (Å²) in [5.41, 5.74) is 1.60. The Morgan fingerprint density at radius 2 is 1.52 bits per heavy atom. The molecule has 0 aliphatic rings. The standard InChI is InChI=1S/C19H18N6O3S/c1-26-13-8-11(9-14(27-2)16(13)28-3)22-17-20-10-21-18(24-17)25-19-23-12-6-4-5-7-15(12)29-19/h4-10H,1-3H3,(H2,20,21,22,23,24,25). The van der Waals surface area contributed by atoms with Crippen LogP contribution in [-0.4, -0.2) is 41.3 Å². The molecule has 0 unspecified atom stereocenters. The summed E-state index contributed by atoms with van der Waals surface area (Å²) in [7, 11) is 4.67. The fraction of sp³-hybridized carbons (Fsp3) is 0.158. The van der Waals surface area contributed by atoms with Crippen LogP contribution in [0.3, 0.4) is 0 Å². The number of anilines is 4. The number of rotatable bonds is 7. The Kier molecular flexibility index (Phi) is 5.25. The Bertz CT molecular complexity index is 1090. The molecule has 29 heavy (non-hydrogen) atoms. The molecule has 148 valence electrons. The van der Waals surface area contributed by atoms with Gasteiger partial charge in [-0.25, -0.2) is 15.0 Å². The second-order valence-electron chi connectivity index (χ2n) is 5.78. The first-order valence-corrected chi connectivity index (χ1v) is 9.40. The number of ether oxygens (including phenoxy) is 3. The molecular formula is C19H18N6O3S. The second kappa shape index (κ2) is 8.15. The van der Waals surface area contributed by atoms with Crippen molar-refractivity contribution in [2.24, 2.45) is 0 Å². The molecule has 9 nitrogen and oxygen atoms in total. The average Bonchev–Trinajstić information content (AvgIpc) is 3.15. The summed E-state index contributed by atoms with van der Waals surface area (Å²) in [6.45, 7) is 0. The van der Waals surface area contributed by atoms with Crippen molar-refractivity contribution in [1.82, 2.24) is 19.9 Å². The first-order chi connectivity index (χ1) is 14.2. The Morgan fingerprint density at radius 3 is 2.17 bits per heavy atom. The van der Waals surface area contributed by atoms with Crippen LogP contribution < -0.4 is 24.8 Å². The molecule has 2 N–H and O–H groups in total. The van der Waals surface area contributed by atoms with Gasteiger partial charge < -0.3 is 19.5 Å². The number of nitrogens with one attached hydrogen (secondary N) is 2. The fourth-order valence-corrected chi connectivity index (χ4v) is 3.58. The molecular weight excluding hydrogens is 392 g/mol. The molecule has 4 aromatic rings. The highest BCUT2D eigenvalue weighted by molar-refractivity contribution is 7.22. The van der Waals surface area contributed by atoms with Gasteiger partial charge >= 0.3 is 0 Å². The van der Waals surface area contributed by atoms with Gasteiger partial charge in [0.1, 0.15) is 6.33 Å². The molecule has 0 radical (unpaired) electrons. The normalized spacial score (nSPS) is 10.6. The molecule has 0 aliphatic carbocycles. The minimum absolute atomic E-state index is 0.359. The van der Waals surface area contributed by atoms with Crippen molar-refractivity contribution in [3.8, 4) is 17.2 Å². The summed E-state index contributed by atoms with van der Waals surface area (Å²) in [5, 5.41) is 6.95. The van der Waals surface area contributed by atoms with Crippen molar-refractivity contribution in [3.05, 3.63) is 42.7 Å². The highest BCUT2D eigenvalue weighted by atomic mass is 32.1. The van der Waals surface area contributed by atoms with E-state index >= 15 is 0 Å². The maximum absolute atomic E-state index is 5.37. The lowest BCUT2D eigenvalue weighted by Gasteiger charge is -2.14. The highest BCUT2D eigenvalue weighted by Gasteiger charge is 2.14. The van der Waals surface area contributed by atoms with Crippen LogP contribution >= 0.6 is 11.3 Å². The lowest BCUT2D eigenvalue weighted by Crippen LogP contribution is -2.03. The molecule has 2 aromatic carbocycles. The van der Waals surface area contributed by atoms with Gasteiger partial charge in [-0.05, 0) is 12.1 Å². The van der Waals surface area contributed by atoms with E-state index in [0.717, 1.165) is 10.2 Å². The Morgan fingerprint density at radius 1 is 0.828 bits per heavy atom. The van der Waals surface area contributed by atoms with Crippen molar-refractivity contribution in [1.29, 1.82) is 0 Å². The van der Waals surface area contributed by atoms with E-state index < -0.39 is 0 Å². The number of para-hydroxylation sites is 1. The predicted octanol–water partition coefficient (Wildman–Crippen LogP) is 3.99. The zero-order valence-corrected chi connectivity index (χ0v) is 16.8. The van der Waals surface area contributed by atoms with Gasteiger partial charge in [0.15, 0.2) is 16.6 Å². The monoisotopic (exact) mass is 410 g/mol. The van der Waals surface area contributed by atoms with E-state index in [1.54, 1.807) is 33.5 Å². The van der Waals surface area contributed by atoms with Gasteiger partial charge in [0.05, 0.1) is 31.5 Å². The quantitative estimate of drug-likeness (QED) is 0.468. The summed E-state index contributed by atoms with van der Waals surface area (Å²) < 4.78 is 17.2.